The summed E-state index contributed by atoms with van der Waals surface area (Å²) >= 11 is 0. The van der Waals surface area contributed by atoms with Crippen LogP contribution in [-0.2, 0) is 4.74 Å². The molecule has 0 atom stereocenters. The number of nitrogens with one attached hydrogen (secondary N) is 8. The molecule has 9 rings (SSSR count). The van der Waals surface area contributed by atoms with E-state index in [2.05, 4.69) is 85.3 Å². The molecule has 1 aliphatic rings. The van der Waals surface area contributed by atoms with Crippen molar-refractivity contribution >= 4 is 78.8 Å². The molecule has 17 heteroatoms. The van der Waals surface area contributed by atoms with Crippen molar-refractivity contribution in [2.24, 2.45) is 11.1 Å². The molecule has 0 unspecified atom stereocenters. The lowest BCUT2D eigenvalue weighted by atomic mass is 9.94. The van der Waals surface area contributed by atoms with Gasteiger partial charge in [-0.15, -0.1) is 0 Å². The lowest BCUT2D eigenvalue weighted by molar-refractivity contribution is 0.0378. The van der Waals surface area contributed by atoms with E-state index in [4.69, 9.17) is 15.5 Å². The molecule has 10 N–H and O–H groups in total. The summed E-state index contributed by atoms with van der Waals surface area (Å²) in [6.07, 6.45) is 8.40. The molecule has 0 saturated carbocycles. The Morgan fingerprint density at radius 1 is 0.745 bits per heavy atom. The Morgan fingerprint density at radius 3 is 1.87 bits per heavy atom. The summed E-state index contributed by atoms with van der Waals surface area (Å²) in [5.74, 6) is 2.69. The zero-order valence-corrected chi connectivity index (χ0v) is 30.9. The summed E-state index contributed by atoms with van der Waals surface area (Å²) in [5, 5.41) is 31.6. The second-order valence-electron chi connectivity index (χ2n) is 14.3. The van der Waals surface area contributed by atoms with E-state index in [9.17, 15) is 0 Å². The zero-order chi connectivity index (χ0) is 37.6. The monoisotopic (exact) mass is 742 g/mol. The van der Waals surface area contributed by atoms with Gasteiger partial charge in [0.05, 0.1) is 47.4 Å². The first-order chi connectivity index (χ1) is 26.9. The highest BCUT2D eigenvalue weighted by molar-refractivity contribution is 5.90. The Kier molecular flexibility index (Phi) is 10.4. The maximum absolute atomic E-state index is 5.83. The molecule has 17 nitrogen and oxygen atoms in total. The van der Waals surface area contributed by atoms with Gasteiger partial charge in [0.15, 0.2) is 0 Å². The number of ether oxygens (including phenoxy) is 1. The number of H-pyrrole nitrogens is 4. The number of fused-ring (bicyclic) bond motifs is 4. The Morgan fingerprint density at radius 2 is 1.31 bits per heavy atom. The standard InChI is InChI=1S/C20H24N8O.C18H22N8/c1(7-28-8-10-29-11-9-28)5-21-18-16-4-6-22-19(16)26-20(25-18)24-15-3-2-14-13-23-27-17(14)12-15;1-18(2,9-19)10-21-16-13-5-6-20-15(13)24-17(25-16)23-12-4-3-11-8-22-26-14(11)7-12/h2-4,6,12-13H,1,5,7-11H2,(H,23,27)(H3,21,22,24,25,26);3-8H,9-10,19H2,1-2H3,(H,22,26)(H3,20,21,23,24,25). The average Bonchev–Trinajstić information content (AvgIpc) is 4.04. The first kappa shape index (κ1) is 35.7. The molecule has 1 fully saturated rings. The fourth-order valence-corrected chi connectivity index (χ4v) is 6.28. The molecular formula is C38H46N16O. The molecule has 6 aromatic heterocycles. The van der Waals surface area contributed by atoms with Crippen LogP contribution in [0, 0.1) is 5.41 Å². The van der Waals surface area contributed by atoms with Gasteiger partial charge in [-0.3, -0.25) is 15.1 Å². The molecule has 0 spiro atoms. The Balaban J connectivity index is 0.000000156. The van der Waals surface area contributed by atoms with E-state index in [1.165, 1.54) is 0 Å². The number of aromatic amines is 4. The highest BCUT2D eigenvalue weighted by Gasteiger charge is 2.18. The Hall–Kier alpha value is -6.30. The lowest BCUT2D eigenvalue weighted by Crippen LogP contribution is -2.37. The van der Waals surface area contributed by atoms with Crippen LogP contribution in [0.15, 0.2) is 73.3 Å². The number of benzene rings is 2. The third kappa shape index (κ3) is 8.59. The summed E-state index contributed by atoms with van der Waals surface area (Å²) < 4.78 is 5.41. The first-order valence-electron chi connectivity index (χ1n) is 18.5. The molecule has 0 aliphatic carbocycles. The van der Waals surface area contributed by atoms with Gasteiger partial charge in [0, 0.05) is 60.7 Å². The highest BCUT2D eigenvalue weighted by atomic mass is 16.5. The van der Waals surface area contributed by atoms with E-state index < -0.39 is 0 Å². The van der Waals surface area contributed by atoms with Crippen LogP contribution in [0.4, 0.5) is 34.9 Å². The third-order valence-electron chi connectivity index (χ3n) is 9.56. The van der Waals surface area contributed by atoms with Crippen LogP contribution in [0.5, 0.6) is 0 Å². The predicted molar refractivity (Wildman–Crippen MR) is 218 cm³/mol. The number of nitrogens with two attached hydrogens (primary N) is 1. The number of anilines is 6. The van der Waals surface area contributed by atoms with E-state index >= 15 is 0 Å². The number of aromatic nitrogens is 10. The van der Waals surface area contributed by atoms with Gasteiger partial charge in [0.2, 0.25) is 11.9 Å². The molecule has 1 aliphatic heterocycles. The van der Waals surface area contributed by atoms with Crippen molar-refractivity contribution in [1.29, 1.82) is 0 Å². The number of hydrogen-bond donors (Lipinski definition) is 9. The average molecular weight is 743 g/mol. The van der Waals surface area contributed by atoms with E-state index in [1.807, 2.05) is 60.9 Å². The minimum Gasteiger partial charge on any atom is -0.379 e. The van der Waals surface area contributed by atoms with Crippen molar-refractivity contribution in [3.05, 3.63) is 73.3 Å². The smallest absolute Gasteiger partial charge is 0.231 e. The van der Waals surface area contributed by atoms with Gasteiger partial charge in [-0.05, 0) is 73.5 Å². The molecule has 55 heavy (non-hydrogen) atoms. The van der Waals surface area contributed by atoms with Gasteiger partial charge in [0.25, 0.3) is 0 Å². The summed E-state index contributed by atoms with van der Waals surface area (Å²) in [5.41, 5.74) is 11.1. The van der Waals surface area contributed by atoms with Crippen molar-refractivity contribution in [1.82, 2.24) is 55.2 Å². The number of nitrogens with zero attached hydrogens (tertiary/aromatic N) is 7. The second kappa shape index (κ2) is 16.0. The quantitative estimate of drug-likeness (QED) is 0.0648. The normalized spacial score (nSPS) is 13.7. The largest absolute Gasteiger partial charge is 0.379 e. The molecular weight excluding hydrogens is 697 g/mol. The molecule has 0 amide bonds. The molecule has 2 aromatic carbocycles. The van der Waals surface area contributed by atoms with Gasteiger partial charge in [-0.25, -0.2) is 0 Å². The summed E-state index contributed by atoms with van der Waals surface area (Å²) in [4.78, 5) is 27.3. The summed E-state index contributed by atoms with van der Waals surface area (Å²) in [7, 11) is 0. The summed E-state index contributed by atoms with van der Waals surface area (Å²) in [6.45, 7) is 11.2. The van der Waals surface area contributed by atoms with Crippen LogP contribution in [0.1, 0.15) is 20.3 Å². The van der Waals surface area contributed by atoms with Gasteiger partial charge >= 0.3 is 0 Å². The van der Waals surface area contributed by atoms with Crippen LogP contribution < -0.4 is 27.0 Å². The van der Waals surface area contributed by atoms with E-state index in [-0.39, 0.29) is 5.41 Å². The van der Waals surface area contributed by atoms with Crippen molar-refractivity contribution in [2.45, 2.75) is 20.3 Å². The van der Waals surface area contributed by atoms with Crippen molar-refractivity contribution in [2.75, 3.05) is 73.7 Å². The van der Waals surface area contributed by atoms with Gasteiger partial charge in [-0.2, -0.15) is 30.1 Å². The molecule has 284 valence electrons. The summed E-state index contributed by atoms with van der Waals surface area (Å²) in [6, 6.07) is 15.9. The van der Waals surface area contributed by atoms with Crippen LogP contribution >= 0.6 is 0 Å². The number of rotatable bonds is 13. The zero-order valence-electron chi connectivity index (χ0n) is 30.9. The van der Waals surface area contributed by atoms with E-state index in [0.29, 0.717) is 18.4 Å². The SMILES string of the molecule is CC(C)(CN)CNc1nc(Nc2ccc3cn[nH]c3c2)nc2[nH]ccc12.c1cc2c(NCCCN3CCOCC3)nc(Nc3ccc4cn[nH]c4c3)nc2[nH]1. The topological polar surface area (TPSA) is 227 Å². The molecule has 7 heterocycles. The fraction of sp³-hybridized carbons (Fsp3) is 0.316. The predicted octanol–water partition coefficient (Wildman–Crippen LogP) is 5.69. The molecule has 0 bridgehead atoms. The fourth-order valence-electron chi connectivity index (χ4n) is 6.28. The van der Waals surface area contributed by atoms with Crippen LogP contribution in [0.25, 0.3) is 43.9 Å². The first-order valence-corrected chi connectivity index (χ1v) is 18.5. The Labute approximate surface area is 316 Å². The number of morpholine rings is 1. The van der Waals surface area contributed by atoms with Crippen molar-refractivity contribution < 1.29 is 4.74 Å². The Bertz CT molecular complexity index is 2490. The van der Waals surface area contributed by atoms with Gasteiger partial charge in [-0.1, -0.05) is 13.8 Å². The molecule has 8 aromatic rings. The maximum Gasteiger partial charge on any atom is 0.231 e. The van der Waals surface area contributed by atoms with Crippen LogP contribution in [0.2, 0.25) is 0 Å². The lowest BCUT2D eigenvalue weighted by Gasteiger charge is -2.26. The van der Waals surface area contributed by atoms with Crippen LogP contribution in [-0.4, -0.2) is 108 Å². The minimum absolute atomic E-state index is 0.0210. The van der Waals surface area contributed by atoms with Crippen LogP contribution in [0.3, 0.4) is 0 Å². The molecule has 1 saturated heterocycles. The maximum atomic E-state index is 5.83. The highest BCUT2D eigenvalue weighted by Crippen LogP contribution is 2.27. The van der Waals surface area contributed by atoms with Gasteiger partial charge < -0.3 is 41.7 Å². The van der Waals surface area contributed by atoms with Crippen molar-refractivity contribution in [3.8, 4) is 0 Å². The molecule has 0 radical (unpaired) electrons. The van der Waals surface area contributed by atoms with E-state index in [1.54, 1.807) is 12.4 Å². The second-order valence-corrected chi connectivity index (χ2v) is 14.3. The van der Waals surface area contributed by atoms with Crippen molar-refractivity contribution in [3.63, 3.8) is 0 Å². The van der Waals surface area contributed by atoms with E-state index in [0.717, 1.165) is 119 Å². The number of hydrogen-bond acceptors (Lipinski definition) is 13. The third-order valence-corrected chi connectivity index (χ3v) is 9.56. The van der Waals surface area contributed by atoms with Gasteiger partial charge in [0.1, 0.15) is 22.9 Å². The minimum atomic E-state index is -0.0210.